The third kappa shape index (κ3) is 3.47. The lowest BCUT2D eigenvalue weighted by Gasteiger charge is -2.07. The molecule has 1 amide bonds. The number of halogens is 1. The van der Waals surface area contributed by atoms with Gasteiger partial charge in [0.15, 0.2) is 14.6 Å². The molecule has 0 N–H and O–H groups in total. The number of fused-ring (bicyclic) bond motifs is 1. The van der Waals surface area contributed by atoms with Gasteiger partial charge in [0, 0.05) is 17.6 Å². The summed E-state index contributed by atoms with van der Waals surface area (Å²) in [6, 6.07) is 11.4. The van der Waals surface area contributed by atoms with Crippen molar-refractivity contribution in [1.82, 2.24) is 4.57 Å². The van der Waals surface area contributed by atoms with E-state index in [0.717, 1.165) is 10.2 Å². The minimum atomic E-state index is -3.36. The van der Waals surface area contributed by atoms with Gasteiger partial charge in [-0.1, -0.05) is 22.9 Å². The van der Waals surface area contributed by atoms with Gasteiger partial charge in [0.1, 0.15) is 0 Å². The molecule has 0 aliphatic heterocycles. The van der Waals surface area contributed by atoms with Crippen LogP contribution in [-0.2, 0) is 16.9 Å². The summed E-state index contributed by atoms with van der Waals surface area (Å²) >= 11 is 7.37. The number of amides is 1. The normalized spacial score (nSPS) is 12.9. The number of carbonyl (C=O) groups is 1. The number of thiazole rings is 1. The van der Waals surface area contributed by atoms with Crippen LogP contribution in [0.1, 0.15) is 24.2 Å². The summed E-state index contributed by atoms with van der Waals surface area (Å²) in [5.41, 5.74) is 1.27. The van der Waals surface area contributed by atoms with Gasteiger partial charge in [-0.15, -0.1) is 0 Å². The molecule has 3 aromatic rings. The minimum absolute atomic E-state index is 0.200. The average molecular weight is 409 g/mol. The molecule has 26 heavy (non-hydrogen) atoms. The molecule has 0 saturated heterocycles. The molecule has 0 spiro atoms. The molecule has 136 valence electrons. The lowest BCUT2D eigenvalue weighted by atomic mass is 10.2. The van der Waals surface area contributed by atoms with Crippen LogP contribution in [0.2, 0.25) is 5.02 Å². The van der Waals surface area contributed by atoms with E-state index in [4.69, 9.17) is 11.6 Å². The van der Waals surface area contributed by atoms with E-state index >= 15 is 0 Å². The van der Waals surface area contributed by atoms with Gasteiger partial charge in [0.05, 0.1) is 20.4 Å². The van der Waals surface area contributed by atoms with Crippen molar-refractivity contribution >= 4 is 48.9 Å². The maximum absolute atomic E-state index is 12.5. The van der Waals surface area contributed by atoms with Crippen LogP contribution in [-0.4, -0.2) is 24.1 Å². The highest BCUT2D eigenvalue weighted by molar-refractivity contribution is 7.92. The quantitative estimate of drug-likeness (QED) is 0.661. The van der Waals surface area contributed by atoms with Gasteiger partial charge in [0.2, 0.25) is 0 Å². The molecule has 8 heteroatoms. The highest BCUT2D eigenvalue weighted by atomic mass is 35.5. The second kappa shape index (κ2) is 6.98. The van der Waals surface area contributed by atoms with Crippen molar-refractivity contribution in [1.29, 1.82) is 0 Å². The third-order valence-corrected chi connectivity index (χ3v) is 7.52. The second-order valence-electron chi connectivity index (χ2n) is 6.09. The second-order valence-corrected chi connectivity index (χ2v) is 10.0. The highest BCUT2D eigenvalue weighted by Crippen LogP contribution is 2.21. The number of nitrogens with zero attached hydrogens (tertiary/aromatic N) is 2. The number of benzene rings is 2. The third-order valence-electron chi connectivity index (χ3n) is 4.02. The Hall–Kier alpha value is -1.96. The summed E-state index contributed by atoms with van der Waals surface area (Å²) in [7, 11) is -1.53. The van der Waals surface area contributed by atoms with Gasteiger partial charge < -0.3 is 4.57 Å². The van der Waals surface area contributed by atoms with Crippen LogP contribution in [0.5, 0.6) is 0 Å². The van der Waals surface area contributed by atoms with E-state index in [1.54, 1.807) is 19.9 Å². The summed E-state index contributed by atoms with van der Waals surface area (Å²) in [6.45, 7) is 3.24. The van der Waals surface area contributed by atoms with Crippen LogP contribution in [0.3, 0.4) is 0 Å². The van der Waals surface area contributed by atoms with Crippen LogP contribution < -0.4 is 4.80 Å². The molecule has 0 aliphatic carbocycles. The Labute approximate surface area is 160 Å². The van der Waals surface area contributed by atoms with Crippen LogP contribution in [0.25, 0.3) is 10.2 Å². The molecule has 0 unspecified atom stereocenters. The van der Waals surface area contributed by atoms with Gasteiger partial charge in [-0.05, 0) is 56.3 Å². The van der Waals surface area contributed by atoms with Gasteiger partial charge in [0.25, 0.3) is 5.91 Å². The van der Waals surface area contributed by atoms with Crippen molar-refractivity contribution in [2.45, 2.75) is 24.0 Å². The summed E-state index contributed by atoms with van der Waals surface area (Å²) in [5.74, 6) is -0.424. The monoisotopic (exact) mass is 408 g/mol. The predicted octanol–water partition coefficient (Wildman–Crippen LogP) is 3.82. The zero-order valence-electron chi connectivity index (χ0n) is 14.4. The molecular weight excluding hydrogens is 392 g/mol. The van der Waals surface area contributed by atoms with Gasteiger partial charge in [-0.2, -0.15) is 4.99 Å². The summed E-state index contributed by atoms with van der Waals surface area (Å²) in [5, 5.41) is 0.109. The highest BCUT2D eigenvalue weighted by Gasteiger charge is 2.19. The van der Waals surface area contributed by atoms with E-state index in [2.05, 4.69) is 4.99 Å². The number of sulfone groups is 1. The molecule has 0 aliphatic rings. The van der Waals surface area contributed by atoms with E-state index in [1.165, 1.54) is 35.6 Å². The number of hydrogen-bond acceptors (Lipinski definition) is 4. The number of carbonyl (C=O) groups excluding carboxylic acids is 1. The maximum atomic E-state index is 12.5. The first kappa shape index (κ1) is 18.8. The van der Waals surface area contributed by atoms with E-state index in [1.807, 2.05) is 23.7 Å². The molecule has 0 radical (unpaired) electrons. The fourth-order valence-corrected chi connectivity index (χ4v) is 4.78. The molecule has 0 saturated carbocycles. The van der Waals surface area contributed by atoms with E-state index in [9.17, 15) is 13.2 Å². The van der Waals surface area contributed by atoms with Gasteiger partial charge in [-0.3, -0.25) is 4.79 Å². The van der Waals surface area contributed by atoms with Crippen LogP contribution >= 0.6 is 22.9 Å². The molecule has 1 heterocycles. The smallest absolute Gasteiger partial charge is 0.279 e. The van der Waals surface area contributed by atoms with Crippen molar-refractivity contribution < 1.29 is 13.2 Å². The first-order valence-corrected chi connectivity index (χ1v) is 10.6. The Bertz CT molecular complexity index is 1160. The average Bonchev–Trinajstić information content (AvgIpc) is 2.89. The van der Waals surface area contributed by atoms with Crippen LogP contribution in [0.15, 0.2) is 52.4 Å². The van der Waals surface area contributed by atoms with Crippen molar-refractivity contribution in [3.05, 3.63) is 57.9 Å². The van der Waals surface area contributed by atoms with E-state index in [0.29, 0.717) is 15.4 Å². The van der Waals surface area contributed by atoms with Crippen molar-refractivity contribution in [3.63, 3.8) is 0 Å². The zero-order chi connectivity index (χ0) is 19.1. The van der Waals surface area contributed by atoms with Crippen molar-refractivity contribution in [2.24, 2.45) is 12.0 Å². The Morgan fingerprint density at radius 2 is 1.81 bits per heavy atom. The zero-order valence-corrected chi connectivity index (χ0v) is 16.8. The number of hydrogen-bond donors (Lipinski definition) is 0. The fraction of sp³-hybridized carbons (Fsp3) is 0.222. The molecule has 5 nitrogen and oxygen atoms in total. The number of aromatic nitrogens is 1. The Balaban J connectivity index is 1.98. The standard InChI is InChI=1S/C18H17ClN2O3S2/c1-11(2)26(23,24)14-7-4-12(5-8-14)17(22)20-18-21(3)15-9-6-13(19)10-16(15)25-18/h4-11H,1-3H3. The lowest BCUT2D eigenvalue weighted by Crippen LogP contribution is -2.15. The first-order valence-electron chi connectivity index (χ1n) is 7.88. The molecule has 2 aromatic carbocycles. The molecule has 3 rings (SSSR count). The minimum Gasteiger partial charge on any atom is -0.319 e. The molecule has 0 fully saturated rings. The molecule has 1 aromatic heterocycles. The lowest BCUT2D eigenvalue weighted by molar-refractivity contribution is 0.0998. The predicted molar refractivity (Wildman–Crippen MR) is 104 cm³/mol. The SMILES string of the molecule is CC(C)S(=O)(=O)c1ccc(C(=O)N=c2sc3cc(Cl)ccc3n2C)cc1. The van der Waals surface area contributed by atoms with Crippen molar-refractivity contribution in [3.8, 4) is 0 Å². The summed E-state index contributed by atoms with van der Waals surface area (Å²) < 4.78 is 27.1. The van der Waals surface area contributed by atoms with E-state index < -0.39 is 21.0 Å². The van der Waals surface area contributed by atoms with E-state index in [-0.39, 0.29) is 4.90 Å². The first-order chi connectivity index (χ1) is 12.2. The van der Waals surface area contributed by atoms with Crippen LogP contribution in [0.4, 0.5) is 0 Å². The van der Waals surface area contributed by atoms with Gasteiger partial charge >= 0.3 is 0 Å². The Morgan fingerprint density at radius 1 is 1.15 bits per heavy atom. The fourth-order valence-electron chi connectivity index (χ4n) is 2.43. The Kier molecular flexibility index (Phi) is 5.05. The summed E-state index contributed by atoms with van der Waals surface area (Å²) in [4.78, 5) is 17.4. The topological polar surface area (TPSA) is 68.5 Å². The Morgan fingerprint density at radius 3 is 2.42 bits per heavy atom. The molecule has 0 bridgehead atoms. The van der Waals surface area contributed by atoms with Crippen molar-refractivity contribution in [2.75, 3.05) is 0 Å². The number of rotatable bonds is 3. The molecular formula is C18H17ClN2O3S2. The van der Waals surface area contributed by atoms with Gasteiger partial charge in [-0.25, -0.2) is 8.42 Å². The largest absolute Gasteiger partial charge is 0.319 e. The molecule has 0 atom stereocenters. The summed E-state index contributed by atoms with van der Waals surface area (Å²) in [6.07, 6.45) is 0. The van der Waals surface area contributed by atoms with Crippen LogP contribution in [0, 0.1) is 0 Å². The maximum Gasteiger partial charge on any atom is 0.279 e. The number of aryl methyl sites for hydroxylation is 1.